The SMILES string of the molecule is CC/C=C/[C@@H](C(=O)OCC)[C@H](O)CCCOCc1ccccc1. The van der Waals surface area contributed by atoms with E-state index in [4.69, 9.17) is 9.47 Å². The fourth-order valence-corrected chi connectivity index (χ4v) is 2.22. The smallest absolute Gasteiger partial charge is 0.315 e. The number of hydrogen-bond donors (Lipinski definition) is 1. The second-order valence-electron chi connectivity index (χ2n) is 5.36. The number of carbonyl (C=O) groups is 1. The summed E-state index contributed by atoms with van der Waals surface area (Å²) in [7, 11) is 0. The minimum absolute atomic E-state index is 0.322. The van der Waals surface area contributed by atoms with E-state index in [9.17, 15) is 9.90 Å². The molecule has 2 atom stereocenters. The van der Waals surface area contributed by atoms with Gasteiger partial charge in [-0.3, -0.25) is 4.79 Å². The summed E-state index contributed by atoms with van der Waals surface area (Å²) < 4.78 is 10.6. The quantitative estimate of drug-likeness (QED) is 0.385. The molecule has 128 valence electrons. The maximum absolute atomic E-state index is 11.9. The van der Waals surface area contributed by atoms with Crippen LogP contribution in [0, 0.1) is 5.92 Å². The molecule has 0 unspecified atom stereocenters. The molecule has 0 aliphatic rings. The second-order valence-corrected chi connectivity index (χ2v) is 5.36. The number of carbonyl (C=O) groups excluding carboxylic acids is 1. The zero-order valence-electron chi connectivity index (χ0n) is 14.1. The predicted molar refractivity (Wildman–Crippen MR) is 90.9 cm³/mol. The highest BCUT2D eigenvalue weighted by molar-refractivity contribution is 5.75. The van der Waals surface area contributed by atoms with Gasteiger partial charge in [-0.15, -0.1) is 0 Å². The molecular formula is C19H28O4. The topological polar surface area (TPSA) is 55.8 Å². The predicted octanol–water partition coefficient (Wildman–Crippen LogP) is 3.49. The maximum atomic E-state index is 11.9. The molecule has 4 nitrogen and oxygen atoms in total. The van der Waals surface area contributed by atoms with Crippen LogP contribution in [0.4, 0.5) is 0 Å². The van der Waals surface area contributed by atoms with Crippen LogP contribution in [0.2, 0.25) is 0 Å². The van der Waals surface area contributed by atoms with Crippen LogP contribution in [0.5, 0.6) is 0 Å². The summed E-state index contributed by atoms with van der Waals surface area (Å²) in [5.41, 5.74) is 1.13. The maximum Gasteiger partial charge on any atom is 0.315 e. The Hall–Kier alpha value is -1.65. The number of aliphatic hydroxyl groups excluding tert-OH is 1. The van der Waals surface area contributed by atoms with Crippen molar-refractivity contribution in [3.05, 3.63) is 48.0 Å². The van der Waals surface area contributed by atoms with E-state index in [1.165, 1.54) is 0 Å². The Morgan fingerprint density at radius 1 is 1.26 bits per heavy atom. The van der Waals surface area contributed by atoms with E-state index >= 15 is 0 Å². The van der Waals surface area contributed by atoms with Crippen LogP contribution < -0.4 is 0 Å². The van der Waals surface area contributed by atoms with Crippen LogP contribution in [0.25, 0.3) is 0 Å². The normalized spacial score (nSPS) is 13.9. The molecule has 0 saturated carbocycles. The summed E-state index contributed by atoms with van der Waals surface area (Å²) in [6, 6.07) is 9.96. The number of aliphatic hydroxyl groups is 1. The highest BCUT2D eigenvalue weighted by atomic mass is 16.5. The Bertz CT molecular complexity index is 456. The fraction of sp³-hybridized carbons (Fsp3) is 0.526. The van der Waals surface area contributed by atoms with E-state index in [1.54, 1.807) is 13.0 Å². The van der Waals surface area contributed by atoms with Crippen molar-refractivity contribution in [1.29, 1.82) is 0 Å². The Kier molecular flexibility index (Phi) is 10.00. The lowest BCUT2D eigenvalue weighted by atomic mass is 9.97. The molecule has 0 aromatic heterocycles. The van der Waals surface area contributed by atoms with Crippen LogP contribution in [-0.4, -0.2) is 30.4 Å². The summed E-state index contributed by atoms with van der Waals surface area (Å²) in [6.07, 6.45) is 4.92. The van der Waals surface area contributed by atoms with Gasteiger partial charge >= 0.3 is 5.97 Å². The molecule has 0 amide bonds. The van der Waals surface area contributed by atoms with Gasteiger partial charge in [0.15, 0.2) is 0 Å². The minimum Gasteiger partial charge on any atom is -0.465 e. The standard InChI is InChI=1S/C19H28O4/c1-3-5-12-17(19(21)23-4-2)18(20)13-9-14-22-15-16-10-7-6-8-11-16/h5-8,10-12,17-18,20H,3-4,9,13-15H2,1-2H3/b12-5+/t17-,18-/m1/s1. The van der Waals surface area contributed by atoms with Crippen molar-refractivity contribution in [2.75, 3.05) is 13.2 Å². The molecule has 1 aromatic rings. The van der Waals surface area contributed by atoms with E-state index in [-0.39, 0.29) is 5.97 Å². The van der Waals surface area contributed by atoms with Crippen molar-refractivity contribution in [2.24, 2.45) is 5.92 Å². The second kappa shape index (κ2) is 11.9. The number of esters is 1. The summed E-state index contributed by atoms with van der Waals surface area (Å²) in [5, 5.41) is 10.2. The number of allylic oxidation sites excluding steroid dienone is 1. The Morgan fingerprint density at radius 3 is 2.65 bits per heavy atom. The highest BCUT2D eigenvalue weighted by Crippen LogP contribution is 2.15. The molecule has 0 fully saturated rings. The van der Waals surface area contributed by atoms with E-state index in [0.717, 1.165) is 12.0 Å². The molecule has 1 rings (SSSR count). The van der Waals surface area contributed by atoms with Gasteiger partial charge in [0.05, 0.1) is 19.3 Å². The lowest BCUT2D eigenvalue weighted by Crippen LogP contribution is -2.28. The molecular weight excluding hydrogens is 292 g/mol. The van der Waals surface area contributed by atoms with Crippen molar-refractivity contribution < 1.29 is 19.4 Å². The molecule has 0 aliphatic heterocycles. The summed E-state index contributed by atoms with van der Waals surface area (Å²) in [4.78, 5) is 11.9. The van der Waals surface area contributed by atoms with Crippen LogP contribution in [0.3, 0.4) is 0 Å². The third-order valence-corrected chi connectivity index (χ3v) is 3.45. The first kappa shape index (κ1) is 19.4. The first-order valence-corrected chi connectivity index (χ1v) is 8.32. The first-order valence-electron chi connectivity index (χ1n) is 8.32. The average Bonchev–Trinajstić information content (AvgIpc) is 2.56. The van der Waals surface area contributed by atoms with E-state index in [0.29, 0.717) is 32.7 Å². The minimum atomic E-state index is -0.739. The molecule has 0 heterocycles. The third-order valence-electron chi connectivity index (χ3n) is 3.45. The first-order chi connectivity index (χ1) is 11.2. The van der Waals surface area contributed by atoms with Crippen molar-refractivity contribution >= 4 is 5.97 Å². The highest BCUT2D eigenvalue weighted by Gasteiger charge is 2.25. The largest absolute Gasteiger partial charge is 0.465 e. The molecule has 0 radical (unpaired) electrons. The lowest BCUT2D eigenvalue weighted by molar-refractivity contribution is -0.149. The number of benzene rings is 1. The Labute approximate surface area is 139 Å². The van der Waals surface area contributed by atoms with Crippen molar-refractivity contribution in [3.8, 4) is 0 Å². The third kappa shape index (κ3) is 7.95. The number of ether oxygens (including phenoxy) is 2. The van der Waals surface area contributed by atoms with Gasteiger partial charge in [0.1, 0.15) is 5.92 Å². The van der Waals surface area contributed by atoms with Crippen LogP contribution >= 0.6 is 0 Å². The number of rotatable bonds is 11. The Balaban J connectivity index is 2.32. The molecule has 0 aliphatic carbocycles. The molecule has 0 bridgehead atoms. The number of hydrogen-bond acceptors (Lipinski definition) is 4. The van der Waals surface area contributed by atoms with E-state index < -0.39 is 12.0 Å². The summed E-state index contributed by atoms with van der Waals surface area (Å²) in [5.74, 6) is -0.959. The van der Waals surface area contributed by atoms with Crippen LogP contribution in [-0.2, 0) is 20.9 Å². The molecule has 1 N–H and O–H groups in total. The van der Waals surface area contributed by atoms with E-state index in [2.05, 4.69) is 0 Å². The molecule has 1 aromatic carbocycles. The van der Waals surface area contributed by atoms with Gasteiger partial charge in [-0.2, -0.15) is 0 Å². The van der Waals surface area contributed by atoms with Crippen molar-refractivity contribution in [2.45, 2.75) is 45.8 Å². The van der Waals surface area contributed by atoms with Gasteiger partial charge in [0.2, 0.25) is 0 Å². The molecule has 0 spiro atoms. The van der Waals surface area contributed by atoms with Crippen LogP contribution in [0.1, 0.15) is 38.7 Å². The monoisotopic (exact) mass is 320 g/mol. The Morgan fingerprint density at radius 2 is 2.00 bits per heavy atom. The van der Waals surface area contributed by atoms with Gasteiger partial charge in [-0.05, 0) is 31.7 Å². The summed E-state index contributed by atoms with van der Waals surface area (Å²) in [6.45, 7) is 5.19. The molecule has 4 heteroatoms. The molecule has 0 saturated heterocycles. The average molecular weight is 320 g/mol. The van der Waals surface area contributed by atoms with Gasteiger partial charge < -0.3 is 14.6 Å². The molecule has 23 heavy (non-hydrogen) atoms. The van der Waals surface area contributed by atoms with Crippen molar-refractivity contribution in [1.82, 2.24) is 0 Å². The van der Waals surface area contributed by atoms with Gasteiger partial charge in [-0.1, -0.05) is 49.4 Å². The fourth-order valence-electron chi connectivity index (χ4n) is 2.22. The van der Waals surface area contributed by atoms with Gasteiger partial charge in [0, 0.05) is 6.61 Å². The van der Waals surface area contributed by atoms with Crippen LogP contribution in [0.15, 0.2) is 42.5 Å². The lowest BCUT2D eigenvalue weighted by Gasteiger charge is -2.18. The van der Waals surface area contributed by atoms with Crippen molar-refractivity contribution in [3.63, 3.8) is 0 Å². The zero-order valence-corrected chi connectivity index (χ0v) is 14.1. The van der Waals surface area contributed by atoms with Gasteiger partial charge in [0.25, 0.3) is 0 Å². The van der Waals surface area contributed by atoms with E-state index in [1.807, 2.05) is 43.3 Å². The zero-order chi connectivity index (χ0) is 16.9. The summed E-state index contributed by atoms with van der Waals surface area (Å²) >= 11 is 0. The van der Waals surface area contributed by atoms with Gasteiger partial charge in [-0.25, -0.2) is 0 Å².